The summed E-state index contributed by atoms with van der Waals surface area (Å²) in [4.78, 5) is 11.9. The van der Waals surface area contributed by atoms with Gasteiger partial charge < -0.3 is 20.5 Å². The summed E-state index contributed by atoms with van der Waals surface area (Å²) in [6, 6.07) is 6.20. The van der Waals surface area contributed by atoms with E-state index in [9.17, 15) is 9.90 Å². The smallest absolute Gasteiger partial charge is 0.337 e. The van der Waals surface area contributed by atoms with Gasteiger partial charge in [0.15, 0.2) is 5.11 Å². The number of esters is 1. The summed E-state index contributed by atoms with van der Waals surface area (Å²) in [5.74, 6) is -0.251. The monoisotopic (exact) mass is 278 g/mol. The molecule has 0 saturated heterocycles. The third kappa shape index (κ3) is 2.68. The fourth-order valence-electron chi connectivity index (χ4n) is 1.99. The number of phenols is 1. The number of ether oxygens (including phenoxy) is 1. The van der Waals surface area contributed by atoms with Crippen LogP contribution in [0.4, 0.5) is 0 Å². The lowest BCUT2D eigenvalue weighted by atomic mass is 9.96. The summed E-state index contributed by atoms with van der Waals surface area (Å²) in [5, 5.41) is 15.7. The largest absolute Gasteiger partial charge is 0.508 e. The number of methoxy groups -OCH3 is 1. The van der Waals surface area contributed by atoms with Crippen molar-refractivity contribution in [3.05, 3.63) is 41.1 Å². The third-order valence-electron chi connectivity index (χ3n) is 2.90. The van der Waals surface area contributed by atoms with E-state index in [4.69, 9.17) is 17.0 Å². The SMILES string of the molecule is COC(=O)C1=C(C)NC(=S)N[C@@H]1c1ccc(O)cc1. The van der Waals surface area contributed by atoms with Crippen molar-refractivity contribution in [2.45, 2.75) is 13.0 Å². The Morgan fingerprint density at radius 1 is 1.37 bits per heavy atom. The van der Waals surface area contributed by atoms with Crippen LogP contribution in [0.2, 0.25) is 0 Å². The maximum Gasteiger partial charge on any atom is 0.337 e. The molecule has 1 atom stereocenters. The first kappa shape index (κ1) is 13.4. The second kappa shape index (κ2) is 5.27. The average Bonchev–Trinajstić information content (AvgIpc) is 2.38. The Kier molecular flexibility index (Phi) is 3.71. The number of allylic oxidation sites excluding steroid dienone is 1. The molecule has 1 aromatic rings. The van der Waals surface area contributed by atoms with E-state index < -0.39 is 5.97 Å². The molecular formula is C13H14N2O3S. The molecular weight excluding hydrogens is 264 g/mol. The number of benzene rings is 1. The summed E-state index contributed by atoms with van der Waals surface area (Å²) in [7, 11) is 1.34. The van der Waals surface area contributed by atoms with Crippen LogP contribution >= 0.6 is 12.2 Å². The molecule has 0 unspecified atom stereocenters. The first-order valence-electron chi connectivity index (χ1n) is 5.68. The van der Waals surface area contributed by atoms with Gasteiger partial charge in [-0.1, -0.05) is 12.1 Å². The predicted octanol–water partition coefficient (Wildman–Crippen LogP) is 1.36. The highest BCUT2D eigenvalue weighted by Gasteiger charge is 2.30. The van der Waals surface area contributed by atoms with Crippen LogP contribution in [0.1, 0.15) is 18.5 Å². The minimum Gasteiger partial charge on any atom is -0.508 e. The van der Waals surface area contributed by atoms with Crippen molar-refractivity contribution >= 4 is 23.3 Å². The minimum atomic E-state index is -0.418. The molecule has 0 amide bonds. The lowest BCUT2D eigenvalue weighted by Gasteiger charge is -2.29. The maximum absolute atomic E-state index is 11.9. The lowest BCUT2D eigenvalue weighted by molar-refractivity contribution is -0.136. The van der Waals surface area contributed by atoms with Crippen LogP contribution in [0.25, 0.3) is 0 Å². The van der Waals surface area contributed by atoms with E-state index in [0.29, 0.717) is 16.4 Å². The molecule has 0 fully saturated rings. The minimum absolute atomic E-state index is 0.167. The number of thiocarbonyl (C=S) groups is 1. The fraction of sp³-hybridized carbons (Fsp3) is 0.231. The maximum atomic E-state index is 11.9. The molecule has 1 heterocycles. The van der Waals surface area contributed by atoms with Crippen LogP contribution in [-0.4, -0.2) is 23.3 Å². The molecule has 0 aromatic heterocycles. The first-order chi connectivity index (χ1) is 9.02. The highest BCUT2D eigenvalue weighted by atomic mass is 32.1. The zero-order valence-electron chi connectivity index (χ0n) is 10.6. The van der Waals surface area contributed by atoms with E-state index in [0.717, 1.165) is 5.56 Å². The van der Waals surface area contributed by atoms with Crippen molar-refractivity contribution < 1.29 is 14.6 Å². The molecule has 0 spiro atoms. The molecule has 0 aliphatic carbocycles. The standard InChI is InChI=1S/C13H14N2O3S/c1-7-10(12(17)18-2)11(15-13(19)14-7)8-3-5-9(16)6-4-8/h3-6,11,16H,1-2H3,(H2,14,15,19)/t11-/m1/s1. The van der Waals surface area contributed by atoms with E-state index in [-0.39, 0.29) is 11.8 Å². The Bertz CT molecular complexity index is 552. The topological polar surface area (TPSA) is 70.6 Å². The molecule has 1 aromatic carbocycles. The Morgan fingerprint density at radius 2 is 2.00 bits per heavy atom. The van der Waals surface area contributed by atoms with E-state index >= 15 is 0 Å². The van der Waals surface area contributed by atoms with Gasteiger partial charge in [0.1, 0.15) is 5.75 Å². The van der Waals surface area contributed by atoms with Crippen molar-refractivity contribution in [1.29, 1.82) is 0 Å². The normalized spacial score (nSPS) is 18.6. The van der Waals surface area contributed by atoms with Gasteiger partial charge in [-0.05, 0) is 36.8 Å². The van der Waals surface area contributed by atoms with Gasteiger partial charge in [-0.3, -0.25) is 0 Å². The zero-order chi connectivity index (χ0) is 14.0. The number of nitrogens with one attached hydrogen (secondary N) is 2. The van der Waals surface area contributed by atoms with Gasteiger partial charge in [-0.15, -0.1) is 0 Å². The molecule has 0 radical (unpaired) electrons. The van der Waals surface area contributed by atoms with Gasteiger partial charge in [0.05, 0.1) is 18.7 Å². The second-order valence-corrected chi connectivity index (χ2v) is 4.56. The first-order valence-corrected chi connectivity index (χ1v) is 6.09. The van der Waals surface area contributed by atoms with E-state index in [1.807, 2.05) is 0 Å². The van der Waals surface area contributed by atoms with Crippen molar-refractivity contribution in [1.82, 2.24) is 10.6 Å². The van der Waals surface area contributed by atoms with E-state index in [1.54, 1.807) is 31.2 Å². The summed E-state index contributed by atoms with van der Waals surface area (Å²) < 4.78 is 4.80. The van der Waals surface area contributed by atoms with Crippen LogP contribution < -0.4 is 10.6 Å². The van der Waals surface area contributed by atoms with Gasteiger partial charge in [-0.2, -0.15) is 0 Å². The van der Waals surface area contributed by atoms with Gasteiger partial charge in [0.25, 0.3) is 0 Å². The summed E-state index contributed by atoms with van der Waals surface area (Å²) in [5.41, 5.74) is 1.96. The van der Waals surface area contributed by atoms with Crippen LogP contribution in [-0.2, 0) is 9.53 Å². The molecule has 0 bridgehead atoms. The van der Waals surface area contributed by atoms with Crippen LogP contribution in [0.5, 0.6) is 5.75 Å². The van der Waals surface area contributed by atoms with Gasteiger partial charge in [0.2, 0.25) is 0 Å². The Morgan fingerprint density at radius 3 is 2.58 bits per heavy atom. The van der Waals surface area contributed by atoms with Crippen LogP contribution in [0.15, 0.2) is 35.5 Å². The lowest BCUT2D eigenvalue weighted by Crippen LogP contribution is -2.45. The number of rotatable bonds is 2. The molecule has 1 aliphatic rings. The third-order valence-corrected chi connectivity index (χ3v) is 3.12. The molecule has 3 N–H and O–H groups in total. The Balaban J connectivity index is 2.46. The average molecular weight is 278 g/mol. The summed E-state index contributed by atoms with van der Waals surface area (Å²) in [6.45, 7) is 1.77. The van der Waals surface area contributed by atoms with Crippen molar-refractivity contribution in [2.24, 2.45) is 0 Å². The molecule has 0 saturated carbocycles. The quantitative estimate of drug-likeness (QED) is 0.560. The molecule has 1 aliphatic heterocycles. The van der Waals surface area contributed by atoms with Crippen molar-refractivity contribution in [3.63, 3.8) is 0 Å². The van der Waals surface area contributed by atoms with Crippen LogP contribution in [0.3, 0.4) is 0 Å². The highest BCUT2D eigenvalue weighted by Crippen LogP contribution is 2.28. The second-order valence-electron chi connectivity index (χ2n) is 4.15. The van der Waals surface area contributed by atoms with Gasteiger partial charge in [0, 0.05) is 5.70 Å². The number of hydrogen-bond donors (Lipinski definition) is 3. The zero-order valence-corrected chi connectivity index (χ0v) is 11.4. The molecule has 5 nitrogen and oxygen atoms in total. The van der Waals surface area contributed by atoms with E-state index in [1.165, 1.54) is 7.11 Å². The Labute approximate surface area is 116 Å². The number of carbonyl (C=O) groups excluding carboxylic acids is 1. The highest BCUT2D eigenvalue weighted by molar-refractivity contribution is 7.80. The molecule has 6 heteroatoms. The molecule has 2 rings (SSSR count). The number of aromatic hydroxyl groups is 1. The number of phenolic OH excluding ortho intramolecular Hbond substituents is 1. The number of hydrogen-bond acceptors (Lipinski definition) is 4. The predicted molar refractivity (Wildman–Crippen MR) is 74.4 cm³/mol. The van der Waals surface area contributed by atoms with E-state index in [2.05, 4.69) is 10.6 Å². The number of carbonyl (C=O) groups is 1. The van der Waals surface area contributed by atoms with Crippen molar-refractivity contribution in [3.8, 4) is 5.75 Å². The molecule has 100 valence electrons. The molecule has 19 heavy (non-hydrogen) atoms. The van der Waals surface area contributed by atoms with Gasteiger partial charge >= 0.3 is 5.97 Å². The Hall–Kier alpha value is -2.08. The fourth-order valence-corrected chi connectivity index (χ4v) is 2.26. The van der Waals surface area contributed by atoms with Crippen LogP contribution in [0, 0.1) is 0 Å². The van der Waals surface area contributed by atoms with Crippen molar-refractivity contribution in [2.75, 3.05) is 7.11 Å². The van der Waals surface area contributed by atoms with Gasteiger partial charge in [-0.25, -0.2) is 4.79 Å². The summed E-state index contributed by atoms with van der Waals surface area (Å²) in [6.07, 6.45) is 0. The summed E-state index contributed by atoms with van der Waals surface area (Å²) >= 11 is 5.10.